The lowest BCUT2D eigenvalue weighted by Crippen LogP contribution is -1.97. The van der Waals surface area contributed by atoms with Crippen LogP contribution in [0.4, 0.5) is 0 Å². The molecule has 5 heteroatoms. The normalized spacial score (nSPS) is 12.1. The van der Waals surface area contributed by atoms with E-state index in [4.69, 9.17) is 4.74 Å². The molecule has 13 heavy (non-hydrogen) atoms. The third-order valence-electron chi connectivity index (χ3n) is 1.33. The Morgan fingerprint density at radius 1 is 1.38 bits per heavy atom. The molecule has 1 unspecified atom stereocenters. The molecule has 70 valence electrons. The van der Waals surface area contributed by atoms with Gasteiger partial charge in [0.1, 0.15) is 12.4 Å². The minimum absolute atomic E-state index is 0.0280. The highest BCUT2D eigenvalue weighted by Gasteiger charge is 1.94. The van der Waals surface area contributed by atoms with Crippen molar-refractivity contribution < 1.29 is 18.3 Å². The minimum atomic E-state index is -2.22. The van der Waals surface area contributed by atoms with Gasteiger partial charge in [-0.2, -0.15) is 0 Å². The molecule has 4 nitrogen and oxygen atoms in total. The van der Waals surface area contributed by atoms with E-state index in [1.807, 2.05) is 0 Å². The molecule has 0 amide bonds. The summed E-state index contributed by atoms with van der Waals surface area (Å²) < 4.78 is 25.8. The number of carbonyl (C=O) groups is 1. The van der Waals surface area contributed by atoms with Crippen LogP contribution >= 0.6 is 0 Å². The van der Waals surface area contributed by atoms with Crippen LogP contribution in [0, 0.1) is 0 Å². The predicted octanol–water partition coefficient (Wildman–Crippen LogP) is 0.502. The number of hydrogen-bond donors (Lipinski definition) is 0. The Bertz CT molecular complexity index is 306. The topological polar surface area (TPSA) is 66.4 Å². The molecular weight excluding hydrogens is 192 g/mol. The summed E-state index contributed by atoms with van der Waals surface area (Å²) in [5.41, 5.74) is 0. The number of rotatable bonds is 4. The van der Waals surface area contributed by atoms with Crippen LogP contribution in [0.3, 0.4) is 0 Å². The lowest BCUT2D eigenvalue weighted by Gasteiger charge is -2.06. The molecule has 0 fully saturated rings. The summed E-state index contributed by atoms with van der Waals surface area (Å²) in [5.74, 6) is 0.473. The van der Waals surface area contributed by atoms with Crippen LogP contribution in [-0.4, -0.2) is 21.7 Å². The maximum absolute atomic E-state index is 10.4. The second kappa shape index (κ2) is 4.74. The molecule has 0 saturated heterocycles. The molecule has 0 aromatic heterocycles. The minimum Gasteiger partial charge on any atom is -0.768 e. The smallest absolute Gasteiger partial charge is 0.157 e. The van der Waals surface area contributed by atoms with Crippen molar-refractivity contribution in [3.8, 4) is 5.75 Å². The van der Waals surface area contributed by atoms with E-state index in [-0.39, 0.29) is 11.5 Å². The molecule has 1 rings (SSSR count). The van der Waals surface area contributed by atoms with Gasteiger partial charge in [-0.05, 0) is 35.3 Å². The molecule has 0 N–H and O–H groups in total. The molecule has 1 aromatic rings. The molecule has 0 aliphatic heterocycles. The molecule has 0 bridgehead atoms. The summed E-state index contributed by atoms with van der Waals surface area (Å²) in [6.45, 7) is -0.0280. The largest absolute Gasteiger partial charge is 0.768 e. The number of aldehydes is 1. The Labute approximate surface area is 77.8 Å². The van der Waals surface area contributed by atoms with E-state index in [9.17, 15) is 13.6 Å². The fourth-order valence-electron chi connectivity index (χ4n) is 0.777. The SMILES string of the molecule is O=CCOc1ccc(S(=O)[O-])cc1. The van der Waals surface area contributed by atoms with Gasteiger partial charge >= 0.3 is 0 Å². The zero-order valence-corrected chi connectivity index (χ0v) is 7.45. The van der Waals surface area contributed by atoms with Crippen molar-refractivity contribution >= 4 is 17.4 Å². The van der Waals surface area contributed by atoms with Crippen molar-refractivity contribution in [3.63, 3.8) is 0 Å². The van der Waals surface area contributed by atoms with Gasteiger partial charge in [-0.1, -0.05) is 0 Å². The Morgan fingerprint density at radius 2 is 2.00 bits per heavy atom. The first kappa shape index (κ1) is 9.88. The zero-order chi connectivity index (χ0) is 9.68. The summed E-state index contributed by atoms with van der Waals surface area (Å²) in [4.78, 5) is 10.1. The monoisotopic (exact) mass is 199 g/mol. The van der Waals surface area contributed by atoms with E-state index in [1.165, 1.54) is 24.3 Å². The first-order chi connectivity index (χ1) is 6.24. The molecule has 0 heterocycles. The van der Waals surface area contributed by atoms with Crippen LogP contribution in [0.25, 0.3) is 0 Å². The third kappa shape index (κ3) is 2.96. The van der Waals surface area contributed by atoms with Gasteiger partial charge in [-0.15, -0.1) is 0 Å². The van der Waals surface area contributed by atoms with Gasteiger partial charge in [0.2, 0.25) is 0 Å². The highest BCUT2D eigenvalue weighted by molar-refractivity contribution is 7.79. The van der Waals surface area contributed by atoms with E-state index >= 15 is 0 Å². The van der Waals surface area contributed by atoms with Gasteiger partial charge < -0.3 is 9.29 Å². The van der Waals surface area contributed by atoms with Crippen molar-refractivity contribution in [2.45, 2.75) is 4.90 Å². The highest BCUT2D eigenvalue weighted by atomic mass is 32.2. The molecule has 0 radical (unpaired) electrons. The summed E-state index contributed by atoms with van der Waals surface area (Å²) in [6.07, 6.45) is 0.625. The molecule has 0 aliphatic carbocycles. The maximum Gasteiger partial charge on any atom is 0.157 e. The van der Waals surface area contributed by atoms with E-state index in [2.05, 4.69) is 0 Å². The van der Waals surface area contributed by atoms with Crippen LogP contribution in [-0.2, 0) is 15.9 Å². The Hall–Kier alpha value is -1.20. The predicted molar refractivity (Wildman–Crippen MR) is 45.2 cm³/mol. The molecule has 1 atom stereocenters. The van der Waals surface area contributed by atoms with Gasteiger partial charge in [0, 0.05) is 4.90 Å². The van der Waals surface area contributed by atoms with E-state index in [1.54, 1.807) is 0 Å². The number of carbonyl (C=O) groups excluding carboxylic acids is 1. The summed E-state index contributed by atoms with van der Waals surface area (Å²) in [7, 11) is 0. The van der Waals surface area contributed by atoms with Gasteiger partial charge in [0.25, 0.3) is 0 Å². The second-order valence-electron chi connectivity index (χ2n) is 2.18. The molecule has 0 aliphatic rings. The Balaban J connectivity index is 2.69. The molecule has 1 aromatic carbocycles. The molecule has 0 saturated carbocycles. The average Bonchev–Trinajstić information content (AvgIpc) is 2.15. The van der Waals surface area contributed by atoms with Gasteiger partial charge in [0.15, 0.2) is 6.29 Å². The highest BCUT2D eigenvalue weighted by Crippen LogP contribution is 2.13. The third-order valence-corrected chi connectivity index (χ3v) is 1.99. The Morgan fingerprint density at radius 3 is 2.46 bits per heavy atom. The van der Waals surface area contributed by atoms with Crippen molar-refractivity contribution in [1.29, 1.82) is 0 Å². The van der Waals surface area contributed by atoms with Gasteiger partial charge in [0.05, 0.1) is 0 Å². The first-order valence-electron chi connectivity index (χ1n) is 3.50. The van der Waals surface area contributed by atoms with Crippen LogP contribution in [0.2, 0.25) is 0 Å². The number of ether oxygens (including phenoxy) is 1. The fraction of sp³-hybridized carbons (Fsp3) is 0.125. The molecular formula is C8H7O4S-. The van der Waals surface area contributed by atoms with Crippen molar-refractivity contribution in [2.75, 3.05) is 6.61 Å². The number of hydrogen-bond acceptors (Lipinski definition) is 4. The van der Waals surface area contributed by atoms with Crippen LogP contribution < -0.4 is 4.74 Å². The maximum atomic E-state index is 10.4. The molecule has 0 spiro atoms. The lowest BCUT2D eigenvalue weighted by molar-refractivity contribution is -0.109. The quantitative estimate of drug-likeness (QED) is 0.523. The van der Waals surface area contributed by atoms with Gasteiger partial charge in [-0.25, -0.2) is 0 Å². The van der Waals surface area contributed by atoms with Crippen molar-refractivity contribution in [3.05, 3.63) is 24.3 Å². The first-order valence-corrected chi connectivity index (χ1v) is 4.57. The lowest BCUT2D eigenvalue weighted by atomic mass is 10.3. The summed E-state index contributed by atoms with van der Waals surface area (Å²) in [6, 6.07) is 5.80. The van der Waals surface area contributed by atoms with Crippen molar-refractivity contribution in [1.82, 2.24) is 0 Å². The van der Waals surface area contributed by atoms with Crippen LogP contribution in [0.1, 0.15) is 0 Å². The van der Waals surface area contributed by atoms with Gasteiger partial charge in [-0.3, -0.25) is 9.00 Å². The standard InChI is InChI=1S/C8H8O4S/c9-5-6-12-7-1-3-8(4-2-7)13(10)11/h1-5H,6H2,(H,10,11)/p-1. The van der Waals surface area contributed by atoms with Crippen LogP contribution in [0.5, 0.6) is 5.75 Å². The number of benzene rings is 1. The van der Waals surface area contributed by atoms with E-state index in [0.717, 1.165) is 0 Å². The zero-order valence-electron chi connectivity index (χ0n) is 6.64. The van der Waals surface area contributed by atoms with Crippen LogP contribution in [0.15, 0.2) is 29.2 Å². The van der Waals surface area contributed by atoms with E-state index in [0.29, 0.717) is 12.0 Å². The fourth-order valence-corrected chi connectivity index (χ4v) is 1.14. The Kier molecular flexibility index (Phi) is 3.60. The average molecular weight is 199 g/mol. The summed E-state index contributed by atoms with van der Waals surface area (Å²) in [5, 5.41) is 0. The second-order valence-corrected chi connectivity index (χ2v) is 3.12. The van der Waals surface area contributed by atoms with E-state index < -0.39 is 11.1 Å². The van der Waals surface area contributed by atoms with Crippen molar-refractivity contribution in [2.24, 2.45) is 0 Å². The summed E-state index contributed by atoms with van der Waals surface area (Å²) >= 11 is -2.22.